The van der Waals surface area contributed by atoms with E-state index >= 15 is 0 Å². The Morgan fingerprint density at radius 1 is 1.06 bits per heavy atom. The molecule has 33 heavy (non-hydrogen) atoms. The highest BCUT2D eigenvalue weighted by atomic mass is 16.2. The Bertz CT molecular complexity index is 1380. The summed E-state index contributed by atoms with van der Waals surface area (Å²) < 4.78 is 0. The van der Waals surface area contributed by atoms with E-state index in [4.69, 9.17) is 0 Å². The first-order valence-corrected chi connectivity index (χ1v) is 10.6. The zero-order valence-corrected chi connectivity index (χ0v) is 18.9. The van der Waals surface area contributed by atoms with Gasteiger partial charge in [0, 0.05) is 54.3 Å². The van der Waals surface area contributed by atoms with Gasteiger partial charge in [-0.1, -0.05) is 30.3 Å². The van der Waals surface area contributed by atoms with Crippen LogP contribution in [-0.2, 0) is 4.79 Å². The van der Waals surface area contributed by atoms with Gasteiger partial charge < -0.3 is 14.8 Å². The molecule has 6 heteroatoms. The lowest BCUT2D eigenvalue weighted by Crippen LogP contribution is -2.24. The molecule has 2 aromatic heterocycles. The lowest BCUT2D eigenvalue weighted by Gasteiger charge is -2.16. The van der Waals surface area contributed by atoms with Crippen LogP contribution in [0.1, 0.15) is 5.56 Å². The lowest BCUT2D eigenvalue weighted by molar-refractivity contribution is -0.113. The molecule has 0 aliphatic heterocycles. The van der Waals surface area contributed by atoms with Crippen molar-refractivity contribution in [3.63, 3.8) is 0 Å². The summed E-state index contributed by atoms with van der Waals surface area (Å²) in [6.45, 7) is 0.710. The molecule has 0 radical (unpaired) electrons. The van der Waals surface area contributed by atoms with E-state index < -0.39 is 0 Å². The van der Waals surface area contributed by atoms with Gasteiger partial charge in [-0.05, 0) is 55.6 Å². The number of hydrogen-bond acceptors (Lipinski definition) is 4. The first-order valence-electron chi connectivity index (χ1n) is 10.6. The van der Waals surface area contributed by atoms with Crippen molar-refractivity contribution in [1.29, 1.82) is 5.26 Å². The Morgan fingerprint density at radius 3 is 2.64 bits per heavy atom. The quantitative estimate of drug-likeness (QED) is 0.439. The van der Waals surface area contributed by atoms with Crippen LogP contribution in [0.15, 0.2) is 79.1 Å². The molecule has 164 valence electrons. The molecule has 0 bridgehead atoms. The summed E-state index contributed by atoms with van der Waals surface area (Å²) in [5.41, 5.74) is 6.08. The molecule has 0 saturated heterocycles. The number of benzene rings is 2. The highest BCUT2D eigenvalue weighted by Gasteiger charge is 2.12. The summed E-state index contributed by atoms with van der Waals surface area (Å²) in [7, 11) is 5.70. The molecule has 1 N–H and O–H groups in total. The molecular formula is C27H25N5O. The molecule has 0 aliphatic carbocycles. The van der Waals surface area contributed by atoms with Gasteiger partial charge in [-0.25, -0.2) is 4.98 Å². The number of aromatic amines is 1. The van der Waals surface area contributed by atoms with E-state index in [0.29, 0.717) is 12.1 Å². The molecule has 0 unspecified atom stereocenters. The van der Waals surface area contributed by atoms with Gasteiger partial charge in [-0.3, -0.25) is 4.79 Å². The number of nitrogens with zero attached hydrogens (tertiary/aromatic N) is 4. The third-order valence-electron chi connectivity index (χ3n) is 5.46. The largest absolute Gasteiger partial charge is 0.346 e. The van der Waals surface area contributed by atoms with Gasteiger partial charge in [0.05, 0.1) is 11.6 Å². The van der Waals surface area contributed by atoms with Crippen LogP contribution in [0, 0.1) is 11.3 Å². The second kappa shape index (κ2) is 9.51. The van der Waals surface area contributed by atoms with Gasteiger partial charge in [0.15, 0.2) is 0 Å². The van der Waals surface area contributed by atoms with Gasteiger partial charge in [-0.2, -0.15) is 5.26 Å². The Kier molecular flexibility index (Phi) is 6.34. The Morgan fingerprint density at radius 2 is 1.85 bits per heavy atom. The van der Waals surface area contributed by atoms with E-state index in [0.717, 1.165) is 39.0 Å². The van der Waals surface area contributed by atoms with Gasteiger partial charge in [-0.15, -0.1) is 0 Å². The number of hydrogen-bond donors (Lipinski definition) is 1. The molecule has 4 aromatic rings. The number of rotatable bonds is 6. The summed E-state index contributed by atoms with van der Waals surface area (Å²) in [5.74, 6) is -0.0760. The fourth-order valence-electron chi connectivity index (χ4n) is 3.65. The minimum atomic E-state index is -0.0760. The molecule has 0 spiro atoms. The van der Waals surface area contributed by atoms with E-state index in [1.165, 1.54) is 0 Å². The summed E-state index contributed by atoms with van der Waals surface area (Å²) in [5, 5.41) is 10.2. The topological polar surface area (TPSA) is 76.0 Å². The van der Waals surface area contributed by atoms with Crippen molar-refractivity contribution in [3.8, 4) is 28.3 Å². The number of pyridine rings is 1. The van der Waals surface area contributed by atoms with Crippen molar-refractivity contribution < 1.29 is 4.79 Å². The van der Waals surface area contributed by atoms with E-state index in [1.54, 1.807) is 24.1 Å². The van der Waals surface area contributed by atoms with Crippen LogP contribution in [0.2, 0.25) is 0 Å². The van der Waals surface area contributed by atoms with Gasteiger partial charge in [0.2, 0.25) is 5.91 Å². The minimum Gasteiger partial charge on any atom is -0.346 e. The maximum Gasteiger partial charge on any atom is 0.250 e. The average molecular weight is 436 g/mol. The molecular weight excluding hydrogens is 410 g/mol. The Hall–Kier alpha value is -4.21. The zero-order valence-electron chi connectivity index (χ0n) is 18.9. The number of carbonyl (C=O) groups is 1. The monoisotopic (exact) mass is 435 g/mol. The normalized spacial score (nSPS) is 11.2. The van der Waals surface area contributed by atoms with E-state index in [2.05, 4.69) is 22.1 Å². The number of nitrogens with one attached hydrogen (secondary N) is 1. The highest BCUT2D eigenvalue weighted by Crippen LogP contribution is 2.32. The lowest BCUT2D eigenvalue weighted by atomic mass is 10.0. The standard InChI is InChI=1S/C27H25N5O/c1-31(2)12-6-11-26(33)32(3)23-10-5-8-20(14-23)22-15-24-25(18-30-27(24)29-17-22)21-9-4-7-19(13-21)16-28/h4-11,13-15,17-18H,12H2,1-3H3,(H,29,30)/b11-6+. The van der Waals surface area contributed by atoms with Crippen LogP contribution in [0.3, 0.4) is 0 Å². The van der Waals surface area contributed by atoms with Crippen LogP contribution in [0.25, 0.3) is 33.3 Å². The van der Waals surface area contributed by atoms with Crippen LogP contribution < -0.4 is 4.90 Å². The number of aromatic nitrogens is 2. The van der Waals surface area contributed by atoms with Crippen LogP contribution in [0.5, 0.6) is 0 Å². The van der Waals surface area contributed by atoms with Crippen LogP contribution in [0.4, 0.5) is 5.69 Å². The van der Waals surface area contributed by atoms with Crippen molar-refractivity contribution >= 4 is 22.6 Å². The average Bonchev–Trinajstić information content (AvgIpc) is 3.26. The maximum absolute atomic E-state index is 12.5. The third-order valence-corrected chi connectivity index (χ3v) is 5.46. The molecule has 6 nitrogen and oxygen atoms in total. The Labute approximate surface area is 193 Å². The molecule has 2 heterocycles. The molecule has 0 saturated carbocycles. The van der Waals surface area contributed by atoms with Crippen molar-refractivity contribution in [2.75, 3.05) is 32.6 Å². The SMILES string of the molecule is CN(C)C/C=C/C(=O)N(C)c1cccc(-c2cnc3[nH]cc(-c4cccc(C#N)c4)c3c2)c1. The zero-order chi connectivity index (χ0) is 23.4. The van der Waals surface area contributed by atoms with Gasteiger partial charge in [0.25, 0.3) is 0 Å². The summed E-state index contributed by atoms with van der Waals surface area (Å²) >= 11 is 0. The fourth-order valence-corrected chi connectivity index (χ4v) is 3.65. The van der Waals surface area contributed by atoms with E-state index in [1.807, 2.05) is 79.9 Å². The minimum absolute atomic E-state index is 0.0760. The Balaban J connectivity index is 1.66. The predicted octanol–water partition coefficient (Wildman–Crippen LogP) is 4.85. The number of anilines is 1. The first kappa shape index (κ1) is 22.0. The summed E-state index contributed by atoms with van der Waals surface area (Å²) in [6.07, 6.45) is 7.20. The van der Waals surface area contributed by atoms with Crippen molar-refractivity contribution in [2.45, 2.75) is 0 Å². The van der Waals surface area contributed by atoms with Crippen LogP contribution >= 0.6 is 0 Å². The molecule has 0 atom stereocenters. The third kappa shape index (κ3) is 4.84. The molecule has 0 aliphatic rings. The fraction of sp³-hybridized carbons (Fsp3) is 0.148. The number of fused-ring (bicyclic) bond motifs is 1. The van der Waals surface area contributed by atoms with E-state index in [-0.39, 0.29) is 5.91 Å². The van der Waals surface area contributed by atoms with Crippen LogP contribution in [-0.4, -0.2) is 48.5 Å². The van der Waals surface area contributed by atoms with Crippen molar-refractivity contribution in [1.82, 2.24) is 14.9 Å². The first-order chi connectivity index (χ1) is 16.0. The number of likely N-dealkylation sites (N-methyl/N-ethyl adjacent to an activating group) is 2. The number of amides is 1. The van der Waals surface area contributed by atoms with Gasteiger partial charge >= 0.3 is 0 Å². The van der Waals surface area contributed by atoms with Crippen molar-refractivity contribution in [2.24, 2.45) is 0 Å². The van der Waals surface area contributed by atoms with Crippen molar-refractivity contribution in [3.05, 3.63) is 84.7 Å². The van der Waals surface area contributed by atoms with E-state index in [9.17, 15) is 10.1 Å². The number of carbonyl (C=O) groups excluding carboxylic acids is 1. The second-order valence-corrected chi connectivity index (χ2v) is 8.13. The highest BCUT2D eigenvalue weighted by molar-refractivity contribution is 6.01. The molecule has 2 aromatic carbocycles. The maximum atomic E-state index is 12.5. The van der Waals surface area contributed by atoms with Gasteiger partial charge in [0.1, 0.15) is 5.65 Å². The number of nitriles is 1. The predicted molar refractivity (Wildman–Crippen MR) is 133 cm³/mol. The summed E-state index contributed by atoms with van der Waals surface area (Å²) in [6, 6.07) is 19.7. The molecule has 0 fully saturated rings. The molecule has 1 amide bonds. The second-order valence-electron chi connectivity index (χ2n) is 8.13. The smallest absolute Gasteiger partial charge is 0.250 e. The summed E-state index contributed by atoms with van der Waals surface area (Å²) in [4.78, 5) is 24.0. The number of H-pyrrole nitrogens is 1. The molecule has 4 rings (SSSR count).